The summed E-state index contributed by atoms with van der Waals surface area (Å²) in [5, 5.41) is 3.16. The highest BCUT2D eigenvalue weighted by Gasteiger charge is 2.55. The Morgan fingerprint density at radius 1 is 1.30 bits per heavy atom. The van der Waals surface area contributed by atoms with E-state index in [0.29, 0.717) is 5.56 Å². The van der Waals surface area contributed by atoms with E-state index in [-0.39, 0.29) is 6.42 Å². The molecule has 0 fully saturated rings. The number of hydrogen-bond donors (Lipinski definition) is 1. The SMILES string of the molecule is CSc1ccc(CC2(C)C(=O)NN=C2C(F)(F)F)cc1. The minimum atomic E-state index is -4.62. The lowest BCUT2D eigenvalue weighted by Crippen LogP contribution is -2.43. The predicted octanol–water partition coefficient (Wildman–Crippen LogP) is 3.01. The first-order chi connectivity index (χ1) is 9.27. The van der Waals surface area contributed by atoms with Crippen molar-refractivity contribution in [3.05, 3.63) is 29.8 Å². The number of nitrogens with zero attached hydrogens (tertiary/aromatic N) is 1. The number of alkyl halides is 3. The Kier molecular flexibility index (Phi) is 3.82. The zero-order valence-electron chi connectivity index (χ0n) is 10.9. The first-order valence-electron chi connectivity index (χ1n) is 5.86. The van der Waals surface area contributed by atoms with Crippen LogP contribution in [-0.4, -0.2) is 24.1 Å². The van der Waals surface area contributed by atoms with Gasteiger partial charge in [-0.1, -0.05) is 12.1 Å². The number of amides is 1. The molecule has 0 spiro atoms. The zero-order valence-corrected chi connectivity index (χ0v) is 11.7. The van der Waals surface area contributed by atoms with Crippen LogP contribution >= 0.6 is 11.8 Å². The van der Waals surface area contributed by atoms with Crippen LogP contribution < -0.4 is 5.43 Å². The molecule has 1 aromatic rings. The number of carbonyl (C=O) groups is 1. The monoisotopic (exact) mass is 302 g/mol. The lowest BCUT2D eigenvalue weighted by Gasteiger charge is -2.24. The van der Waals surface area contributed by atoms with Crippen molar-refractivity contribution >= 4 is 23.4 Å². The molecule has 0 saturated heterocycles. The number of rotatable bonds is 3. The van der Waals surface area contributed by atoms with Gasteiger partial charge in [0.05, 0.1) is 0 Å². The average molecular weight is 302 g/mol. The van der Waals surface area contributed by atoms with Gasteiger partial charge in [-0.25, -0.2) is 5.43 Å². The van der Waals surface area contributed by atoms with Gasteiger partial charge in [-0.2, -0.15) is 18.3 Å². The molecule has 1 heterocycles. The number of hydrazone groups is 1. The van der Waals surface area contributed by atoms with Crippen LogP contribution in [0.5, 0.6) is 0 Å². The van der Waals surface area contributed by atoms with Gasteiger partial charge in [0.2, 0.25) is 0 Å². The molecule has 1 amide bonds. The molecule has 7 heteroatoms. The maximum atomic E-state index is 12.9. The largest absolute Gasteiger partial charge is 0.432 e. The highest BCUT2D eigenvalue weighted by Crippen LogP contribution is 2.37. The van der Waals surface area contributed by atoms with Gasteiger partial charge in [0, 0.05) is 4.90 Å². The molecule has 0 radical (unpaired) electrons. The van der Waals surface area contributed by atoms with Crippen molar-refractivity contribution in [1.29, 1.82) is 0 Å². The van der Waals surface area contributed by atoms with Crippen molar-refractivity contribution in [3.63, 3.8) is 0 Å². The van der Waals surface area contributed by atoms with Gasteiger partial charge in [-0.3, -0.25) is 4.79 Å². The molecule has 1 aliphatic rings. The van der Waals surface area contributed by atoms with E-state index in [0.717, 1.165) is 4.90 Å². The normalized spacial score (nSPS) is 22.6. The molecule has 0 aromatic heterocycles. The molecule has 0 bridgehead atoms. The second-order valence-corrected chi connectivity index (χ2v) is 5.64. The fourth-order valence-corrected chi connectivity index (χ4v) is 2.56. The molecule has 0 saturated carbocycles. The van der Waals surface area contributed by atoms with Crippen LogP contribution in [-0.2, 0) is 11.2 Å². The summed E-state index contributed by atoms with van der Waals surface area (Å²) in [6.07, 6.45) is -2.74. The van der Waals surface area contributed by atoms with Gasteiger partial charge in [0.25, 0.3) is 5.91 Å². The molecule has 108 valence electrons. The number of hydrogen-bond acceptors (Lipinski definition) is 3. The molecule has 1 aliphatic heterocycles. The number of halogens is 3. The summed E-state index contributed by atoms with van der Waals surface area (Å²) in [5.41, 5.74) is -0.147. The van der Waals surface area contributed by atoms with Gasteiger partial charge in [-0.05, 0) is 37.3 Å². The maximum absolute atomic E-state index is 12.9. The minimum Gasteiger partial charge on any atom is -0.272 e. The van der Waals surface area contributed by atoms with Crippen LogP contribution in [0.25, 0.3) is 0 Å². The predicted molar refractivity (Wildman–Crippen MR) is 71.7 cm³/mol. The summed E-state index contributed by atoms with van der Waals surface area (Å²) in [5.74, 6) is -0.723. The Morgan fingerprint density at radius 2 is 1.90 bits per heavy atom. The molecule has 1 aromatic carbocycles. The third-order valence-corrected chi connectivity index (χ3v) is 4.02. The lowest BCUT2D eigenvalue weighted by atomic mass is 9.79. The van der Waals surface area contributed by atoms with E-state index in [9.17, 15) is 18.0 Å². The van der Waals surface area contributed by atoms with Crippen LogP contribution in [0.15, 0.2) is 34.3 Å². The van der Waals surface area contributed by atoms with Crippen molar-refractivity contribution in [2.75, 3.05) is 6.26 Å². The molecule has 1 unspecified atom stereocenters. The number of nitrogens with one attached hydrogen (secondary N) is 1. The summed E-state index contributed by atoms with van der Waals surface area (Å²) in [7, 11) is 0. The third-order valence-electron chi connectivity index (χ3n) is 3.28. The first kappa shape index (κ1) is 14.9. The van der Waals surface area contributed by atoms with Crippen LogP contribution in [0.3, 0.4) is 0 Å². The number of carbonyl (C=O) groups excluding carboxylic acids is 1. The third kappa shape index (κ3) is 2.67. The standard InChI is InChI=1S/C13H13F3N2OS/c1-12(7-8-3-5-9(20-2)6-4-8)10(13(14,15)16)17-18-11(12)19/h3-6H,7H2,1-2H3,(H,18,19). The summed E-state index contributed by atoms with van der Waals surface area (Å²) >= 11 is 1.54. The fourth-order valence-electron chi connectivity index (χ4n) is 2.15. The van der Waals surface area contributed by atoms with Crippen molar-refractivity contribution < 1.29 is 18.0 Å². The van der Waals surface area contributed by atoms with Crippen LogP contribution in [0.4, 0.5) is 13.2 Å². The van der Waals surface area contributed by atoms with Gasteiger partial charge < -0.3 is 0 Å². The smallest absolute Gasteiger partial charge is 0.272 e. The highest BCUT2D eigenvalue weighted by molar-refractivity contribution is 7.98. The van der Waals surface area contributed by atoms with Gasteiger partial charge in [0.15, 0.2) is 5.71 Å². The van der Waals surface area contributed by atoms with Gasteiger partial charge in [0.1, 0.15) is 5.41 Å². The fraction of sp³-hybridized carbons (Fsp3) is 0.385. The van der Waals surface area contributed by atoms with E-state index >= 15 is 0 Å². The van der Waals surface area contributed by atoms with Crippen molar-refractivity contribution in [3.8, 4) is 0 Å². The van der Waals surface area contributed by atoms with Crippen molar-refractivity contribution in [1.82, 2.24) is 5.43 Å². The Hall–Kier alpha value is -1.50. The van der Waals surface area contributed by atoms with Crippen molar-refractivity contribution in [2.24, 2.45) is 10.5 Å². The van der Waals surface area contributed by atoms with Crippen molar-refractivity contribution in [2.45, 2.75) is 24.4 Å². The topological polar surface area (TPSA) is 41.5 Å². The van der Waals surface area contributed by atoms with Crippen LogP contribution in [0.2, 0.25) is 0 Å². The van der Waals surface area contributed by atoms with Crippen LogP contribution in [0.1, 0.15) is 12.5 Å². The van der Waals surface area contributed by atoms with E-state index < -0.39 is 23.2 Å². The molecule has 1 atom stereocenters. The van der Waals surface area contributed by atoms with Crippen LogP contribution in [0, 0.1) is 5.41 Å². The average Bonchev–Trinajstić information content (AvgIpc) is 2.66. The highest BCUT2D eigenvalue weighted by atomic mass is 32.2. The minimum absolute atomic E-state index is 0.0359. The van der Waals surface area contributed by atoms with E-state index in [2.05, 4.69) is 5.10 Å². The summed E-state index contributed by atoms with van der Waals surface area (Å²) < 4.78 is 38.8. The molecule has 3 nitrogen and oxygen atoms in total. The number of benzene rings is 1. The van der Waals surface area contributed by atoms with E-state index in [1.807, 2.05) is 23.8 Å². The second-order valence-electron chi connectivity index (χ2n) is 4.76. The zero-order chi connectivity index (χ0) is 15.0. The van der Waals surface area contributed by atoms with Gasteiger partial charge >= 0.3 is 6.18 Å². The Labute approximate surface area is 118 Å². The number of thioether (sulfide) groups is 1. The van der Waals surface area contributed by atoms with E-state index in [1.54, 1.807) is 23.9 Å². The maximum Gasteiger partial charge on any atom is 0.432 e. The molecule has 20 heavy (non-hydrogen) atoms. The Bertz CT molecular complexity index is 554. The van der Waals surface area contributed by atoms with Gasteiger partial charge in [-0.15, -0.1) is 11.8 Å². The Morgan fingerprint density at radius 3 is 2.40 bits per heavy atom. The summed E-state index contributed by atoms with van der Waals surface area (Å²) in [6, 6.07) is 7.11. The molecular weight excluding hydrogens is 289 g/mol. The Balaban J connectivity index is 2.29. The molecule has 1 N–H and O–H groups in total. The first-order valence-corrected chi connectivity index (χ1v) is 7.08. The van der Waals surface area contributed by atoms with E-state index in [1.165, 1.54) is 6.92 Å². The molecular formula is C13H13F3N2OS. The van der Waals surface area contributed by atoms with E-state index in [4.69, 9.17) is 0 Å². The molecule has 2 rings (SSSR count). The summed E-state index contributed by atoms with van der Waals surface area (Å²) in [4.78, 5) is 12.8. The second kappa shape index (κ2) is 5.12. The molecule has 0 aliphatic carbocycles. The lowest BCUT2D eigenvalue weighted by molar-refractivity contribution is -0.127. The quantitative estimate of drug-likeness (QED) is 0.872. The summed E-state index contributed by atoms with van der Waals surface area (Å²) in [6.45, 7) is 1.27.